The van der Waals surface area contributed by atoms with Crippen molar-refractivity contribution in [3.05, 3.63) is 12.8 Å². The highest BCUT2D eigenvalue weighted by Crippen LogP contribution is 1.90. The van der Waals surface area contributed by atoms with Gasteiger partial charge in [-0.1, -0.05) is 20.4 Å². The van der Waals surface area contributed by atoms with Gasteiger partial charge in [-0.05, 0) is 12.8 Å². The van der Waals surface area contributed by atoms with Crippen LogP contribution in [0.3, 0.4) is 0 Å². The van der Waals surface area contributed by atoms with E-state index in [0.29, 0.717) is 0 Å². The standard InChI is InChI=1S/C7H13N/c1-4-7(5-2)8-6-3/h6H,3-5H2,1-2H3. The monoisotopic (exact) mass is 111 g/mol. The molecule has 0 aliphatic rings. The lowest BCUT2D eigenvalue weighted by Crippen LogP contribution is -1.90. The highest BCUT2D eigenvalue weighted by molar-refractivity contribution is 5.84. The van der Waals surface area contributed by atoms with Crippen molar-refractivity contribution in [1.29, 1.82) is 0 Å². The van der Waals surface area contributed by atoms with Crippen LogP contribution in [0.25, 0.3) is 0 Å². The molecule has 0 saturated carbocycles. The smallest absolute Gasteiger partial charge is 0.0195 e. The predicted octanol–water partition coefficient (Wildman–Crippen LogP) is 2.39. The zero-order valence-electron chi connectivity index (χ0n) is 5.65. The third-order valence-electron chi connectivity index (χ3n) is 1.09. The van der Waals surface area contributed by atoms with Crippen LogP contribution in [0.4, 0.5) is 0 Å². The van der Waals surface area contributed by atoms with E-state index in [1.54, 1.807) is 6.20 Å². The van der Waals surface area contributed by atoms with Gasteiger partial charge in [0.05, 0.1) is 0 Å². The van der Waals surface area contributed by atoms with Gasteiger partial charge in [0.25, 0.3) is 0 Å². The zero-order chi connectivity index (χ0) is 6.41. The van der Waals surface area contributed by atoms with Crippen molar-refractivity contribution in [3.63, 3.8) is 0 Å². The zero-order valence-corrected chi connectivity index (χ0v) is 5.65. The van der Waals surface area contributed by atoms with Crippen molar-refractivity contribution in [2.45, 2.75) is 26.7 Å². The summed E-state index contributed by atoms with van der Waals surface area (Å²) in [4.78, 5) is 4.04. The Bertz CT molecular complexity index is 86.6. The van der Waals surface area contributed by atoms with Crippen LogP contribution in [-0.2, 0) is 0 Å². The Morgan fingerprint density at radius 3 is 2.12 bits per heavy atom. The summed E-state index contributed by atoms with van der Waals surface area (Å²) in [6, 6.07) is 0. The lowest BCUT2D eigenvalue weighted by molar-refractivity contribution is 1.15. The average molecular weight is 111 g/mol. The van der Waals surface area contributed by atoms with E-state index in [0.717, 1.165) is 12.8 Å². The number of hydrogen-bond acceptors (Lipinski definition) is 1. The molecular formula is C7H13N. The Hall–Kier alpha value is -0.590. The van der Waals surface area contributed by atoms with Gasteiger partial charge in [-0.25, -0.2) is 0 Å². The minimum absolute atomic E-state index is 1.04. The highest BCUT2D eigenvalue weighted by Gasteiger charge is 1.85. The fraction of sp³-hybridized carbons (Fsp3) is 0.571. The van der Waals surface area contributed by atoms with Crippen LogP contribution in [0.2, 0.25) is 0 Å². The third-order valence-corrected chi connectivity index (χ3v) is 1.09. The van der Waals surface area contributed by atoms with E-state index < -0.39 is 0 Å². The van der Waals surface area contributed by atoms with Crippen LogP contribution in [0.1, 0.15) is 26.7 Å². The molecule has 0 aromatic carbocycles. The van der Waals surface area contributed by atoms with E-state index in [1.165, 1.54) is 5.71 Å². The quantitative estimate of drug-likeness (QED) is 0.496. The molecule has 8 heavy (non-hydrogen) atoms. The van der Waals surface area contributed by atoms with Crippen molar-refractivity contribution in [1.82, 2.24) is 0 Å². The molecule has 0 aliphatic heterocycles. The van der Waals surface area contributed by atoms with Gasteiger partial charge in [-0.3, -0.25) is 4.99 Å². The largest absolute Gasteiger partial charge is 0.266 e. The number of aliphatic imine (C=N–C) groups is 1. The van der Waals surface area contributed by atoms with Gasteiger partial charge >= 0.3 is 0 Å². The van der Waals surface area contributed by atoms with Crippen molar-refractivity contribution >= 4 is 5.71 Å². The van der Waals surface area contributed by atoms with Crippen LogP contribution in [0, 0.1) is 0 Å². The van der Waals surface area contributed by atoms with Gasteiger partial charge in [0.15, 0.2) is 0 Å². The topological polar surface area (TPSA) is 12.4 Å². The first-order valence-corrected chi connectivity index (χ1v) is 3.01. The molecular weight excluding hydrogens is 98.1 g/mol. The van der Waals surface area contributed by atoms with Crippen LogP contribution in [0.5, 0.6) is 0 Å². The summed E-state index contributed by atoms with van der Waals surface area (Å²) in [6.07, 6.45) is 3.69. The fourth-order valence-corrected chi connectivity index (χ4v) is 0.562. The Morgan fingerprint density at radius 2 is 2.00 bits per heavy atom. The van der Waals surface area contributed by atoms with Crippen LogP contribution in [-0.4, -0.2) is 5.71 Å². The first-order valence-electron chi connectivity index (χ1n) is 3.01. The molecule has 0 aliphatic carbocycles. The van der Waals surface area contributed by atoms with Crippen LogP contribution < -0.4 is 0 Å². The van der Waals surface area contributed by atoms with E-state index in [1.807, 2.05) is 0 Å². The van der Waals surface area contributed by atoms with E-state index in [4.69, 9.17) is 0 Å². The molecule has 0 N–H and O–H groups in total. The average Bonchev–Trinajstić information content (AvgIpc) is 1.83. The summed E-state index contributed by atoms with van der Waals surface area (Å²) < 4.78 is 0. The number of rotatable bonds is 3. The van der Waals surface area contributed by atoms with Gasteiger partial charge in [0.1, 0.15) is 0 Å². The Labute approximate surface area is 51.1 Å². The highest BCUT2D eigenvalue weighted by atomic mass is 14.7. The van der Waals surface area contributed by atoms with Crippen molar-refractivity contribution in [3.8, 4) is 0 Å². The Balaban J connectivity index is 3.66. The first-order chi connectivity index (χ1) is 3.85. The second-order valence-corrected chi connectivity index (χ2v) is 1.59. The van der Waals surface area contributed by atoms with Crippen molar-refractivity contribution < 1.29 is 0 Å². The minimum atomic E-state index is 1.04. The summed E-state index contributed by atoms with van der Waals surface area (Å²) in [7, 11) is 0. The van der Waals surface area contributed by atoms with Crippen LogP contribution in [0.15, 0.2) is 17.8 Å². The normalized spacial score (nSPS) is 8.25. The molecule has 1 heteroatoms. The number of hydrogen-bond donors (Lipinski definition) is 0. The molecule has 0 unspecified atom stereocenters. The maximum Gasteiger partial charge on any atom is 0.0195 e. The molecule has 1 nitrogen and oxygen atoms in total. The summed E-state index contributed by atoms with van der Waals surface area (Å²) in [5.74, 6) is 0. The minimum Gasteiger partial charge on any atom is -0.266 e. The molecule has 0 rings (SSSR count). The van der Waals surface area contributed by atoms with Crippen molar-refractivity contribution in [2.75, 3.05) is 0 Å². The van der Waals surface area contributed by atoms with E-state index >= 15 is 0 Å². The molecule has 0 spiro atoms. The predicted molar refractivity (Wildman–Crippen MR) is 38.2 cm³/mol. The van der Waals surface area contributed by atoms with Gasteiger partial charge in [0, 0.05) is 11.9 Å². The second-order valence-electron chi connectivity index (χ2n) is 1.59. The molecule has 0 aromatic rings. The molecule has 0 aromatic heterocycles. The summed E-state index contributed by atoms with van der Waals surface area (Å²) in [5, 5.41) is 0. The Morgan fingerprint density at radius 1 is 1.50 bits per heavy atom. The third kappa shape index (κ3) is 2.56. The molecule has 0 atom stereocenters. The molecule has 0 fully saturated rings. The molecule has 0 radical (unpaired) electrons. The summed E-state index contributed by atoms with van der Waals surface area (Å²) >= 11 is 0. The van der Waals surface area contributed by atoms with E-state index in [2.05, 4.69) is 25.4 Å². The molecule has 0 bridgehead atoms. The fourth-order valence-electron chi connectivity index (χ4n) is 0.562. The molecule has 46 valence electrons. The SMILES string of the molecule is C=CN=C(CC)CC. The summed E-state index contributed by atoms with van der Waals surface area (Å²) in [5.41, 5.74) is 1.22. The van der Waals surface area contributed by atoms with Gasteiger partial charge in [-0.2, -0.15) is 0 Å². The summed E-state index contributed by atoms with van der Waals surface area (Å²) in [6.45, 7) is 7.71. The van der Waals surface area contributed by atoms with E-state index in [-0.39, 0.29) is 0 Å². The van der Waals surface area contributed by atoms with Crippen LogP contribution >= 0.6 is 0 Å². The van der Waals surface area contributed by atoms with Crippen molar-refractivity contribution in [2.24, 2.45) is 4.99 Å². The molecule has 0 saturated heterocycles. The van der Waals surface area contributed by atoms with Gasteiger partial charge < -0.3 is 0 Å². The second kappa shape index (κ2) is 4.57. The maximum atomic E-state index is 4.04. The van der Waals surface area contributed by atoms with Gasteiger partial charge in [0.2, 0.25) is 0 Å². The van der Waals surface area contributed by atoms with Gasteiger partial charge in [-0.15, -0.1) is 0 Å². The first kappa shape index (κ1) is 7.41. The lowest BCUT2D eigenvalue weighted by Gasteiger charge is -1.92. The molecule has 0 amide bonds. The molecule has 0 heterocycles. The lowest BCUT2D eigenvalue weighted by atomic mass is 10.2. The Kier molecular flexibility index (Phi) is 4.23. The maximum absolute atomic E-state index is 4.04. The number of nitrogens with zero attached hydrogens (tertiary/aromatic N) is 1. The van der Waals surface area contributed by atoms with E-state index in [9.17, 15) is 0 Å².